The molecule has 126 valence electrons. The summed E-state index contributed by atoms with van der Waals surface area (Å²) >= 11 is 0. The first kappa shape index (κ1) is 16.5. The molecule has 0 saturated carbocycles. The molecule has 1 atom stereocenters. The zero-order chi connectivity index (χ0) is 17.1. The van der Waals surface area contributed by atoms with E-state index in [0.29, 0.717) is 5.75 Å². The van der Waals surface area contributed by atoms with Crippen molar-refractivity contribution in [2.24, 2.45) is 0 Å². The summed E-state index contributed by atoms with van der Waals surface area (Å²) < 4.78 is 5.72. The van der Waals surface area contributed by atoms with Crippen LogP contribution in [-0.4, -0.2) is 17.6 Å². The molecule has 0 unspecified atom stereocenters. The van der Waals surface area contributed by atoms with Crippen molar-refractivity contribution in [2.45, 2.75) is 39.2 Å². The molecule has 0 saturated heterocycles. The number of aryl methyl sites for hydroxylation is 2. The Bertz CT molecular complexity index is 755. The zero-order valence-electron chi connectivity index (χ0n) is 14.1. The van der Waals surface area contributed by atoms with Crippen molar-refractivity contribution in [1.29, 1.82) is 0 Å². The van der Waals surface area contributed by atoms with E-state index < -0.39 is 6.10 Å². The highest BCUT2D eigenvalue weighted by Crippen LogP contribution is 2.35. The lowest BCUT2D eigenvalue weighted by Crippen LogP contribution is -2.21. The van der Waals surface area contributed by atoms with Crippen molar-refractivity contribution >= 4 is 11.6 Å². The molecule has 1 amide bonds. The van der Waals surface area contributed by atoms with Gasteiger partial charge in [-0.15, -0.1) is 0 Å². The number of ether oxygens (including phenoxy) is 1. The number of rotatable bonds is 4. The average molecular weight is 325 g/mol. The van der Waals surface area contributed by atoms with E-state index in [1.54, 1.807) is 0 Å². The minimum Gasteiger partial charge on any atom is -0.483 e. The Hall–Kier alpha value is -2.33. The number of aliphatic hydroxyl groups is 1. The van der Waals surface area contributed by atoms with Crippen LogP contribution in [0.2, 0.25) is 0 Å². The van der Waals surface area contributed by atoms with Crippen molar-refractivity contribution in [3.63, 3.8) is 0 Å². The lowest BCUT2D eigenvalue weighted by atomic mass is 9.89. The number of fused-ring (bicyclic) bond motifs is 1. The number of anilines is 1. The smallest absolute Gasteiger partial charge is 0.262 e. The number of hydrogen-bond donors (Lipinski definition) is 2. The molecule has 24 heavy (non-hydrogen) atoms. The Morgan fingerprint density at radius 3 is 2.88 bits per heavy atom. The summed E-state index contributed by atoms with van der Waals surface area (Å²) in [6.45, 7) is 4.01. The third-order valence-electron chi connectivity index (χ3n) is 4.58. The van der Waals surface area contributed by atoms with Crippen molar-refractivity contribution in [3.8, 4) is 5.75 Å². The Morgan fingerprint density at radius 1 is 1.25 bits per heavy atom. The highest BCUT2D eigenvalue weighted by Gasteiger charge is 2.21. The molecule has 4 heteroatoms. The summed E-state index contributed by atoms with van der Waals surface area (Å²) in [7, 11) is 0. The number of benzene rings is 2. The number of aliphatic hydroxyl groups excluding tert-OH is 1. The van der Waals surface area contributed by atoms with Crippen LogP contribution in [0.25, 0.3) is 0 Å². The predicted octanol–water partition coefficient (Wildman–Crippen LogP) is 3.69. The molecule has 0 fully saturated rings. The van der Waals surface area contributed by atoms with Crippen LogP contribution >= 0.6 is 0 Å². The first-order valence-corrected chi connectivity index (χ1v) is 8.34. The molecule has 2 aromatic rings. The van der Waals surface area contributed by atoms with Crippen LogP contribution in [0.5, 0.6) is 5.75 Å². The third-order valence-corrected chi connectivity index (χ3v) is 4.58. The first-order chi connectivity index (χ1) is 11.5. The van der Waals surface area contributed by atoms with Crippen molar-refractivity contribution < 1.29 is 14.6 Å². The maximum Gasteiger partial charge on any atom is 0.262 e. The minimum atomic E-state index is -0.429. The van der Waals surface area contributed by atoms with Gasteiger partial charge in [0.2, 0.25) is 0 Å². The molecule has 1 aliphatic rings. The van der Waals surface area contributed by atoms with Gasteiger partial charge in [0.1, 0.15) is 5.75 Å². The Balaban J connectivity index is 1.64. The number of nitrogens with one attached hydrogen (secondary N) is 1. The van der Waals surface area contributed by atoms with E-state index in [-0.39, 0.29) is 12.5 Å². The molecular formula is C20H23NO3. The topological polar surface area (TPSA) is 58.6 Å². The molecule has 0 heterocycles. The van der Waals surface area contributed by atoms with E-state index in [1.807, 2.05) is 50.2 Å². The first-order valence-electron chi connectivity index (χ1n) is 8.34. The van der Waals surface area contributed by atoms with Crippen LogP contribution < -0.4 is 10.1 Å². The summed E-state index contributed by atoms with van der Waals surface area (Å²) in [5.41, 5.74) is 5.05. The summed E-state index contributed by atoms with van der Waals surface area (Å²) in [6.07, 6.45) is 2.16. The van der Waals surface area contributed by atoms with E-state index in [2.05, 4.69) is 5.32 Å². The van der Waals surface area contributed by atoms with Crippen LogP contribution in [0, 0.1) is 13.8 Å². The number of hydrogen-bond acceptors (Lipinski definition) is 3. The standard InChI is InChI=1S/C20H23NO3/c1-13-9-10-15(11-14(13)2)21-20(23)12-24-19-8-4-5-16-17(19)6-3-7-18(16)22/h4-5,8-11,18,22H,3,6-7,12H2,1-2H3,(H,21,23)/t18-/m1/s1. The van der Waals surface area contributed by atoms with Gasteiger partial charge in [-0.05, 0) is 73.6 Å². The summed E-state index contributed by atoms with van der Waals surface area (Å²) in [5, 5.41) is 12.9. The van der Waals surface area contributed by atoms with Crippen molar-refractivity contribution in [2.75, 3.05) is 11.9 Å². The Morgan fingerprint density at radius 2 is 2.08 bits per heavy atom. The van der Waals surface area contributed by atoms with Crippen molar-refractivity contribution in [3.05, 3.63) is 58.7 Å². The van der Waals surface area contributed by atoms with Crippen molar-refractivity contribution in [1.82, 2.24) is 0 Å². The number of carbonyl (C=O) groups excluding carboxylic acids is 1. The van der Waals surface area contributed by atoms with Gasteiger partial charge in [0.15, 0.2) is 6.61 Å². The Kier molecular flexibility index (Phi) is 4.86. The lowest BCUT2D eigenvalue weighted by Gasteiger charge is -2.23. The quantitative estimate of drug-likeness (QED) is 0.901. The van der Waals surface area contributed by atoms with E-state index in [0.717, 1.165) is 41.6 Å². The minimum absolute atomic E-state index is 0.0422. The van der Waals surface area contributed by atoms with Crippen LogP contribution in [0.1, 0.15) is 41.2 Å². The second kappa shape index (κ2) is 7.05. The molecule has 0 bridgehead atoms. The molecule has 4 nitrogen and oxygen atoms in total. The van der Waals surface area contributed by atoms with Gasteiger partial charge in [-0.25, -0.2) is 0 Å². The summed E-state index contributed by atoms with van der Waals surface area (Å²) in [6, 6.07) is 11.5. The van der Waals surface area contributed by atoms with Crippen LogP contribution in [0.15, 0.2) is 36.4 Å². The van der Waals surface area contributed by atoms with Gasteiger partial charge in [0.05, 0.1) is 6.10 Å². The molecule has 1 aliphatic carbocycles. The van der Waals surface area contributed by atoms with Gasteiger partial charge in [-0.3, -0.25) is 4.79 Å². The Labute approximate surface area is 142 Å². The average Bonchev–Trinajstić information content (AvgIpc) is 2.57. The molecule has 2 aromatic carbocycles. The van der Waals surface area contributed by atoms with E-state index in [1.165, 1.54) is 5.56 Å². The normalized spacial score (nSPS) is 16.4. The SMILES string of the molecule is Cc1ccc(NC(=O)COc2cccc3c2CCC[C@H]3O)cc1C. The second-order valence-electron chi connectivity index (χ2n) is 6.37. The molecule has 2 N–H and O–H groups in total. The molecular weight excluding hydrogens is 302 g/mol. The van der Waals surface area contributed by atoms with Gasteiger partial charge in [-0.2, -0.15) is 0 Å². The second-order valence-corrected chi connectivity index (χ2v) is 6.37. The zero-order valence-corrected chi connectivity index (χ0v) is 14.1. The fourth-order valence-electron chi connectivity index (χ4n) is 3.08. The number of amides is 1. The lowest BCUT2D eigenvalue weighted by molar-refractivity contribution is -0.118. The molecule has 3 rings (SSSR count). The largest absolute Gasteiger partial charge is 0.483 e. The van der Waals surface area contributed by atoms with Gasteiger partial charge in [0, 0.05) is 5.69 Å². The molecule has 0 spiro atoms. The summed E-state index contributed by atoms with van der Waals surface area (Å²) in [5.74, 6) is 0.508. The number of carbonyl (C=O) groups is 1. The molecule has 0 aliphatic heterocycles. The monoisotopic (exact) mass is 325 g/mol. The van der Waals surface area contributed by atoms with Gasteiger partial charge in [0.25, 0.3) is 5.91 Å². The fraction of sp³-hybridized carbons (Fsp3) is 0.350. The summed E-state index contributed by atoms with van der Waals surface area (Å²) in [4.78, 5) is 12.1. The predicted molar refractivity (Wildman–Crippen MR) is 94.4 cm³/mol. The van der Waals surface area contributed by atoms with Crippen LogP contribution in [-0.2, 0) is 11.2 Å². The van der Waals surface area contributed by atoms with Gasteiger partial charge >= 0.3 is 0 Å². The molecule has 0 aromatic heterocycles. The maximum absolute atomic E-state index is 12.1. The maximum atomic E-state index is 12.1. The highest BCUT2D eigenvalue weighted by atomic mass is 16.5. The van der Waals surface area contributed by atoms with Gasteiger partial charge < -0.3 is 15.2 Å². The highest BCUT2D eigenvalue weighted by molar-refractivity contribution is 5.92. The molecule has 0 radical (unpaired) electrons. The third kappa shape index (κ3) is 3.60. The van der Waals surface area contributed by atoms with E-state index in [4.69, 9.17) is 4.74 Å². The van der Waals surface area contributed by atoms with Gasteiger partial charge in [-0.1, -0.05) is 18.2 Å². The van der Waals surface area contributed by atoms with E-state index >= 15 is 0 Å². The fourth-order valence-corrected chi connectivity index (χ4v) is 3.08. The van der Waals surface area contributed by atoms with Crippen LogP contribution in [0.3, 0.4) is 0 Å². The van der Waals surface area contributed by atoms with E-state index in [9.17, 15) is 9.90 Å². The van der Waals surface area contributed by atoms with Crippen LogP contribution in [0.4, 0.5) is 5.69 Å².